The van der Waals surface area contributed by atoms with Crippen LogP contribution in [0.5, 0.6) is 5.75 Å². The van der Waals surface area contributed by atoms with Gasteiger partial charge in [-0.3, -0.25) is 0 Å². The Labute approximate surface area is 125 Å². The van der Waals surface area contributed by atoms with Gasteiger partial charge in [0.2, 0.25) is 0 Å². The van der Waals surface area contributed by atoms with Crippen molar-refractivity contribution in [3.63, 3.8) is 0 Å². The minimum Gasteiger partial charge on any atom is -0.486 e. The molecule has 1 fully saturated rings. The van der Waals surface area contributed by atoms with Gasteiger partial charge in [-0.1, -0.05) is 43.8 Å². The number of fused-ring (bicyclic) bond motifs is 3. The first-order valence-electron chi connectivity index (χ1n) is 8.11. The van der Waals surface area contributed by atoms with Crippen LogP contribution in [0.2, 0.25) is 0 Å². The van der Waals surface area contributed by atoms with Crippen LogP contribution in [0.15, 0.2) is 24.3 Å². The van der Waals surface area contributed by atoms with Crippen LogP contribution in [0, 0.1) is 0 Å². The lowest BCUT2D eigenvalue weighted by atomic mass is 9.78. The molecule has 1 saturated carbocycles. The van der Waals surface area contributed by atoms with Crippen molar-refractivity contribution in [3.8, 4) is 5.75 Å². The highest BCUT2D eigenvalue weighted by molar-refractivity contribution is 5.90. The Morgan fingerprint density at radius 3 is 2.33 bits per heavy atom. The van der Waals surface area contributed by atoms with Crippen LogP contribution in [-0.2, 0) is 6.42 Å². The van der Waals surface area contributed by atoms with Gasteiger partial charge in [-0.25, -0.2) is 0 Å². The summed E-state index contributed by atoms with van der Waals surface area (Å²) in [6, 6.07) is 8.47. The molecular weight excluding hydrogens is 256 g/mol. The first kappa shape index (κ1) is 12.9. The average Bonchev–Trinajstić information content (AvgIpc) is 2.53. The van der Waals surface area contributed by atoms with Gasteiger partial charge in [0.15, 0.2) is 0 Å². The average molecular weight is 278 g/mol. The topological polar surface area (TPSA) is 9.23 Å². The van der Waals surface area contributed by atoms with E-state index in [1.54, 1.807) is 0 Å². The smallest absolute Gasteiger partial charge is 0.131 e. The van der Waals surface area contributed by atoms with E-state index in [4.69, 9.17) is 4.74 Å². The van der Waals surface area contributed by atoms with E-state index in [2.05, 4.69) is 37.4 Å². The maximum Gasteiger partial charge on any atom is 0.131 e. The highest BCUT2D eigenvalue weighted by atomic mass is 16.5. The Morgan fingerprint density at radius 1 is 0.857 bits per heavy atom. The number of benzene rings is 2. The van der Waals surface area contributed by atoms with Gasteiger partial charge < -0.3 is 4.74 Å². The van der Waals surface area contributed by atoms with Gasteiger partial charge >= 0.3 is 0 Å². The summed E-state index contributed by atoms with van der Waals surface area (Å²) in [5.41, 5.74) is 1.37. The summed E-state index contributed by atoms with van der Waals surface area (Å²) in [5.74, 6) is 1.09. The Hall–Kier alpha value is -1.76. The number of ether oxygens (including phenoxy) is 1. The summed E-state index contributed by atoms with van der Waals surface area (Å²) < 4.78 is 6.64. The van der Waals surface area contributed by atoms with E-state index in [1.165, 1.54) is 48.4 Å². The fraction of sp³-hybridized carbons (Fsp3) is 0.400. The molecule has 2 aliphatic rings. The molecule has 0 aromatic heterocycles. The molecule has 0 bridgehead atoms. The third kappa shape index (κ3) is 1.91. The van der Waals surface area contributed by atoms with Crippen LogP contribution in [0.1, 0.15) is 44.1 Å². The molecular formula is C20H22O. The molecule has 0 amide bonds. The Morgan fingerprint density at radius 2 is 1.57 bits per heavy atom. The van der Waals surface area contributed by atoms with Crippen LogP contribution in [0.4, 0.5) is 0 Å². The van der Waals surface area contributed by atoms with Crippen LogP contribution < -0.4 is 15.2 Å². The molecule has 1 nitrogen and oxygen atoms in total. The van der Waals surface area contributed by atoms with Crippen molar-refractivity contribution < 1.29 is 4.74 Å². The molecule has 1 spiro atoms. The molecule has 0 radical (unpaired) electrons. The second-order valence-electron chi connectivity index (χ2n) is 6.66. The van der Waals surface area contributed by atoms with E-state index in [0.717, 1.165) is 29.0 Å². The van der Waals surface area contributed by atoms with Gasteiger partial charge in [0.25, 0.3) is 0 Å². The van der Waals surface area contributed by atoms with E-state index in [-0.39, 0.29) is 5.60 Å². The summed E-state index contributed by atoms with van der Waals surface area (Å²) in [6.07, 6.45) is 8.60. The summed E-state index contributed by atoms with van der Waals surface area (Å²) in [6.45, 7) is 8.52. The fourth-order valence-electron chi connectivity index (χ4n) is 4.14. The second-order valence-corrected chi connectivity index (χ2v) is 6.66. The van der Waals surface area contributed by atoms with Crippen molar-refractivity contribution in [2.24, 2.45) is 0 Å². The summed E-state index contributed by atoms with van der Waals surface area (Å²) in [7, 11) is 0. The number of hydrogen-bond acceptors (Lipinski definition) is 1. The molecule has 4 rings (SSSR count). The number of rotatable bonds is 0. The molecule has 0 saturated heterocycles. The highest BCUT2D eigenvalue weighted by Crippen LogP contribution is 2.42. The van der Waals surface area contributed by atoms with E-state index in [9.17, 15) is 0 Å². The third-order valence-corrected chi connectivity index (χ3v) is 5.41. The Bertz CT molecular complexity index is 797. The first-order chi connectivity index (χ1) is 10.2. The predicted octanol–water partition coefficient (Wildman–Crippen LogP) is 3.69. The molecule has 2 aromatic rings. The van der Waals surface area contributed by atoms with Crippen molar-refractivity contribution in [2.75, 3.05) is 0 Å². The fourth-order valence-corrected chi connectivity index (χ4v) is 4.14. The zero-order valence-electron chi connectivity index (χ0n) is 12.6. The molecule has 1 heterocycles. The van der Waals surface area contributed by atoms with E-state index in [0.29, 0.717) is 0 Å². The summed E-state index contributed by atoms with van der Waals surface area (Å²) in [5, 5.41) is 4.55. The molecule has 0 unspecified atom stereocenters. The normalized spacial score (nSPS) is 20.2. The monoisotopic (exact) mass is 278 g/mol. The van der Waals surface area contributed by atoms with Crippen molar-refractivity contribution >= 4 is 23.9 Å². The van der Waals surface area contributed by atoms with Gasteiger partial charge in [-0.15, -0.1) is 0 Å². The molecule has 1 aliphatic heterocycles. The van der Waals surface area contributed by atoms with Crippen molar-refractivity contribution in [2.45, 2.75) is 50.5 Å². The SMILES string of the molecule is C=c1c2c(c3ccccc3c1=C)OC1(CCCCC1)CC2. The predicted molar refractivity (Wildman–Crippen MR) is 89.0 cm³/mol. The van der Waals surface area contributed by atoms with Crippen LogP contribution in [-0.4, -0.2) is 5.60 Å². The lowest BCUT2D eigenvalue weighted by molar-refractivity contribution is 0.0121. The zero-order chi connectivity index (χ0) is 14.4. The van der Waals surface area contributed by atoms with Gasteiger partial charge in [-0.05, 0) is 54.3 Å². The Balaban J connectivity index is 1.95. The van der Waals surface area contributed by atoms with Crippen molar-refractivity contribution in [3.05, 3.63) is 40.3 Å². The van der Waals surface area contributed by atoms with E-state index in [1.807, 2.05) is 0 Å². The van der Waals surface area contributed by atoms with Gasteiger partial charge in [-0.2, -0.15) is 0 Å². The molecule has 108 valence electrons. The molecule has 0 atom stereocenters. The summed E-state index contributed by atoms with van der Waals surface area (Å²) >= 11 is 0. The minimum absolute atomic E-state index is 0.0865. The quantitative estimate of drug-likeness (QED) is 0.714. The zero-order valence-corrected chi connectivity index (χ0v) is 12.6. The van der Waals surface area contributed by atoms with E-state index < -0.39 is 0 Å². The maximum absolute atomic E-state index is 6.64. The van der Waals surface area contributed by atoms with Gasteiger partial charge in [0.1, 0.15) is 11.4 Å². The molecule has 1 heteroatoms. The van der Waals surface area contributed by atoms with E-state index >= 15 is 0 Å². The molecule has 2 aromatic carbocycles. The minimum atomic E-state index is 0.0865. The van der Waals surface area contributed by atoms with Crippen molar-refractivity contribution in [1.29, 1.82) is 0 Å². The van der Waals surface area contributed by atoms with Crippen LogP contribution in [0.3, 0.4) is 0 Å². The number of hydrogen-bond donors (Lipinski definition) is 0. The van der Waals surface area contributed by atoms with Gasteiger partial charge in [0.05, 0.1) is 0 Å². The van der Waals surface area contributed by atoms with Crippen molar-refractivity contribution in [1.82, 2.24) is 0 Å². The Kier molecular flexibility index (Phi) is 2.85. The maximum atomic E-state index is 6.64. The lowest BCUT2D eigenvalue weighted by Gasteiger charge is -2.42. The standard InChI is InChI=1S/C20H22O/c1-14-15(2)17-10-13-20(11-6-3-7-12-20)21-19(17)18-9-5-4-8-16(14)18/h4-5,8-9H,1-3,6-7,10-13H2. The largest absolute Gasteiger partial charge is 0.486 e. The van der Waals surface area contributed by atoms with Gasteiger partial charge in [0, 0.05) is 10.9 Å². The first-order valence-corrected chi connectivity index (χ1v) is 8.11. The molecule has 0 N–H and O–H groups in total. The lowest BCUT2D eigenvalue weighted by Crippen LogP contribution is -2.44. The third-order valence-electron chi connectivity index (χ3n) is 5.41. The summed E-state index contributed by atoms with van der Waals surface area (Å²) in [4.78, 5) is 0. The second kappa shape index (κ2) is 4.62. The van der Waals surface area contributed by atoms with Crippen LogP contribution in [0.25, 0.3) is 23.9 Å². The molecule has 21 heavy (non-hydrogen) atoms. The van der Waals surface area contributed by atoms with Crippen LogP contribution >= 0.6 is 0 Å². The molecule has 1 aliphatic carbocycles. The highest BCUT2D eigenvalue weighted by Gasteiger charge is 2.38.